The van der Waals surface area contributed by atoms with Gasteiger partial charge in [0.1, 0.15) is 0 Å². The maximum absolute atomic E-state index is 11.9. The molecule has 0 aromatic rings. The molecule has 0 aromatic heterocycles. The van der Waals surface area contributed by atoms with E-state index in [1.807, 2.05) is 4.90 Å². The number of carbonyl (C=O) groups excluding carboxylic acids is 3. The molecule has 0 radical (unpaired) electrons. The minimum atomic E-state index is -0.274. The molecule has 0 spiro atoms. The quantitative estimate of drug-likeness (QED) is 0.517. The lowest BCUT2D eigenvalue weighted by Crippen LogP contribution is -2.40. The number of rotatable bonds is 8. The molecule has 1 rings (SSSR count). The molecule has 1 aliphatic heterocycles. The summed E-state index contributed by atoms with van der Waals surface area (Å²) in [4.78, 5) is 36.2. The van der Waals surface area contributed by atoms with E-state index in [0.717, 1.165) is 32.4 Å². The number of ether oxygens (including phenoxy) is 1. The molecule has 2 N–H and O–H groups in total. The van der Waals surface area contributed by atoms with Gasteiger partial charge >= 0.3 is 12.0 Å². The number of methoxy groups -OCH3 is 1. The van der Waals surface area contributed by atoms with Crippen LogP contribution in [0.25, 0.3) is 0 Å². The van der Waals surface area contributed by atoms with E-state index in [-0.39, 0.29) is 17.9 Å². The van der Waals surface area contributed by atoms with E-state index in [2.05, 4.69) is 15.4 Å². The lowest BCUT2D eigenvalue weighted by atomic mass is 10.1. The second-order valence-corrected chi connectivity index (χ2v) is 5.41. The lowest BCUT2D eigenvalue weighted by Gasteiger charge is -2.26. The number of amides is 3. The second kappa shape index (κ2) is 10.9. The third-order valence-corrected chi connectivity index (χ3v) is 3.65. The molecule has 7 nitrogen and oxygen atoms in total. The Labute approximate surface area is 131 Å². The Balaban J connectivity index is 1.98. The third-order valence-electron chi connectivity index (χ3n) is 3.65. The molecule has 0 aliphatic carbocycles. The Morgan fingerprint density at radius 3 is 2.32 bits per heavy atom. The van der Waals surface area contributed by atoms with Crippen molar-refractivity contribution in [3.05, 3.63) is 0 Å². The average Bonchev–Trinajstić information content (AvgIpc) is 2.55. The van der Waals surface area contributed by atoms with Crippen LogP contribution in [0.4, 0.5) is 4.79 Å². The average molecular weight is 313 g/mol. The molecule has 1 heterocycles. The summed E-state index contributed by atoms with van der Waals surface area (Å²) in [7, 11) is 1.36. The fourth-order valence-corrected chi connectivity index (χ4v) is 2.35. The Bertz CT molecular complexity index is 368. The lowest BCUT2D eigenvalue weighted by molar-refractivity contribution is -0.140. The fraction of sp³-hybridized carbons (Fsp3) is 0.800. The first-order valence-electron chi connectivity index (χ1n) is 8.00. The number of piperidine rings is 1. The van der Waals surface area contributed by atoms with Gasteiger partial charge in [-0.25, -0.2) is 4.79 Å². The van der Waals surface area contributed by atoms with E-state index in [0.29, 0.717) is 32.4 Å². The molecule has 0 atom stereocenters. The molecule has 0 aromatic carbocycles. The molecule has 0 unspecified atom stereocenters. The first-order chi connectivity index (χ1) is 10.6. The normalized spacial score (nSPS) is 14.3. The van der Waals surface area contributed by atoms with Crippen LogP contribution in [0.2, 0.25) is 0 Å². The Morgan fingerprint density at radius 1 is 0.955 bits per heavy atom. The number of hydrogen-bond acceptors (Lipinski definition) is 4. The Kier molecular flexibility index (Phi) is 9.02. The van der Waals surface area contributed by atoms with Gasteiger partial charge in [-0.2, -0.15) is 0 Å². The minimum Gasteiger partial charge on any atom is -0.469 e. The van der Waals surface area contributed by atoms with E-state index in [4.69, 9.17) is 0 Å². The molecule has 126 valence electrons. The Hall–Kier alpha value is -1.79. The van der Waals surface area contributed by atoms with Gasteiger partial charge in [0, 0.05) is 39.0 Å². The summed E-state index contributed by atoms with van der Waals surface area (Å²) in [5.41, 5.74) is 0. The summed E-state index contributed by atoms with van der Waals surface area (Å²) < 4.78 is 4.53. The number of urea groups is 1. The maximum Gasteiger partial charge on any atom is 0.314 e. The van der Waals surface area contributed by atoms with Crippen molar-refractivity contribution in [1.82, 2.24) is 15.5 Å². The highest BCUT2D eigenvalue weighted by atomic mass is 16.5. The molecule has 1 saturated heterocycles. The number of unbranched alkanes of at least 4 members (excludes halogenated alkanes) is 1. The van der Waals surface area contributed by atoms with Crippen LogP contribution in [-0.2, 0) is 14.3 Å². The zero-order valence-electron chi connectivity index (χ0n) is 13.4. The van der Waals surface area contributed by atoms with Gasteiger partial charge in [-0.15, -0.1) is 0 Å². The highest BCUT2D eigenvalue weighted by Gasteiger charge is 2.15. The van der Waals surface area contributed by atoms with Gasteiger partial charge in [-0.05, 0) is 32.1 Å². The van der Waals surface area contributed by atoms with Crippen molar-refractivity contribution in [1.29, 1.82) is 0 Å². The van der Waals surface area contributed by atoms with E-state index >= 15 is 0 Å². The second-order valence-electron chi connectivity index (χ2n) is 5.41. The van der Waals surface area contributed by atoms with Gasteiger partial charge in [0.15, 0.2) is 0 Å². The SMILES string of the molecule is COC(=O)CCCCNC(=O)NCCC(=O)N1CCCCC1. The van der Waals surface area contributed by atoms with Crippen LogP contribution in [0.5, 0.6) is 0 Å². The standard InChI is InChI=1S/C15H27N3O4/c1-22-14(20)7-3-4-9-16-15(21)17-10-8-13(19)18-11-5-2-6-12-18/h2-12H2,1H3,(H2,16,17,21). The van der Waals surface area contributed by atoms with Crippen molar-refractivity contribution >= 4 is 17.9 Å². The first kappa shape index (κ1) is 18.3. The number of likely N-dealkylation sites (tertiary alicyclic amines) is 1. The molecule has 0 bridgehead atoms. The van der Waals surface area contributed by atoms with Crippen LogP contribution in [0.3, 0.4) is 0 Å². The van der Waals surface area contributed by atoms with Crippen LogP contribution < -0.4 is 10.6 Å². The largest absolute Gasteiger partial charge is 0.469 e. The predicted molar refractivity (Wildman–Crippen MR) is 82.3 cm³/mol. The first-order valence-corrected chi connectivity index (χ1v) is 8.00. The highest BCUT2D eigenvalue weighted by Crippen LogP contribution is 2.09. The van der Waals surface area contributed by atoms with Gasteiger partial charge in [0.05, 0.1) is 7.11 Å². The Morgan fingerprint density at radius 2 is 1.64 bits per heavy atom. The summed E-state index contributed by atoms with van der Waals surface area (Å²) >= 11 is 0. The molecular formula is C15H27N3O4. The van der Waals surface area contributed by atoms with Crippen molar-refractivity contribution in [3.8, 4) is 0 Å². The van der Waals surface area contributed by atoms with E-state index in [1.165, 1.54) is 13.5 Å². The number of carbonyl (C=O) groups is 3. The van der Waals surface area contributed by atoms with Crippen LogP contribution in [-0.4, -0.2) is 56.1 Å². The van der Waals surface area contributed by atoms with Crippen molar-refractivity contribution in [2.24, 2.45) is 0 Å². The molecule has 3 amide bonds. The van der Waals surface area contributed by atoms with Crippen LogP contribution in [0.1, 0.15) is 44.9 Å². The molecule has 0 saturated carbocycles. The van der Waals surface area contributed by atoms with Gasteiger partial charge < -0.3 is 20.3 Å². The zero-order chi connectivity index (χ0) is 16.2. The van der Waals surface area contributed by atoms with E-state index in [9.17, 15) is 14.4 Å². The number of nitrogens with zero attached hydrogens (tertiary/aromatic N) is 1. The van der Waals surface area contributed by atoms with Crippen molar-refractivity contribution in [3.63, 3.8) is 0 Å². The fourth-order valence-electron chi connectivity index (χ4n) is 2.35. The summed E-state index contributed by atoms with van der Waals surface area (Å²) in [6, 6.07) is -0.274. The maximum atomic E-state index is 11.9. The predicted octanol–water partition coefficient (Wildman–Crippen LogP) is 1.03. The highest BCUT2D eigenvalue weighted by molar-refractivity contribution is 5.78. The number of esters is 1. The molecular weight excluding hydrogens is 286 g/mol. The van der Waals surface area contributed by atoms with Crippen molar-refractivity contribution in [2.45, 2.75) is 44.9 Å². The van der Waals surface area contributed by atoms with E-state index in [1.54, 1.807) is 0 Å². The van der Waals surface area contributed by atoms with Crippen molar-refractivity contribution in [2.75, 3.05) is 33.3 Å². The van der Waals surface area contributed by atoms with Gasteiger partial charge in [-0.3, -0.25) is 9.59 Å². The number of hydrogen-bond donors (Lipinski definition) is 2. The van der Waals surface area contributed by atoms with Crippen LogP contribution in [0, 0.1) is 0 Å². The molecule has 22 heavy (non-hydrogen) atoms. The molecule has 1 fully saturated rings. The molecule has 1 aliphatic rings. The summed E-state index contributed by atoms with van der Waals surface area (Å²) in [6.07, 6.45) is 5.45. The summed E-state index contributed by atoms with van der Waals surface area (Å²) in [5.74, 6) is -0.126. The van der Waals surface area contributed by atoms with Gasteiger partial charge in [-0.1, -0.05) is 0 Å². The smallest absolute Gasteiger partial charge is 0.314 e. The summed E-state index contributed by atoms with van der Waals surface area (Å²) in [6.45, 7) is 2.53. The minimum absolute atomic E-state index is 0.109. The number of nitrogens with one attached hydrogen (secondary N) is 2. The summed E-state index contributed by atoms with van der Waals surface area (Å²) in [5, 5.41) is 5.37. The topological polar surface area (TPSA) is 87.7 Å². The van der Waals surface area contributed by atoms with Crippen LogP contribution in [0.15, 0.2) is 0 Å². The van der Waals surface area contributed by atoms with Gasteiger partial charge in [0.25, 0.3) is 0 Å². The third kappa shape index (κ3) is 7.85. The van der Waals surface area contributed by atoms with Gasteiger partial charge in [0.2, 0.25) is 5.91 Å². The monoisotopic (exact) mass is 313 g/mol. The van der Waals surface area contributed by atoms with E-state index < -0.39 is 0 Å². The molecule has 7 heteroatoms. The van der Waals surface area contributed by atoms with Crippen LogP contribution >= 0.6 is 0 Å². The van der Waals surface area contributed by atoms with Crippen molar-refractivity contribution < 1.29 is 19.1 Å². The zero-order valence-corrected chi connectivity index (χ0v) is 13.4.